The Morgan fingerprint density at radius 2 is 2.20 bits per heavy atom. The van der Waals surface area contributed by atoms with Crippen LogP contribution in [0.3, 0.4) is 0 Å². The molecule has 132 valence electrons. The van der Waals surface area contributed by atoms with Gasteiger partial charge in [-0.2, -0.15) is 0 Å². The SMILES string of the molecule is CN(CC(=O)N[C@H](c1ccc(F)cc1)[C@H]1CCCO1)c1cnccn1. The molecule has 1 fully saturated rings. The van der Waals surface area contributed by atoms with Crippen molar-refractivity contribution in [2.45, 2.75) is 25.0 Å². The van der Waals surface area contributed by atoms with Crippen LogP contribution in [0.15, 0.2) is 42.9 Å². The average Bonchev–Trinajstić information content (AvgIpc) is 3.15. The third-order valence-corrected chi connectivity index (χ3v) is 4.20. The lowest BCUT2D eigenvalue weighted by molar-refractivity contribution is -0.121. The molecule has 0 aliphatic carbocycles. The molecule has 0 saturated carbocycles. The van der Waals surface area contributed by atoms with Crippen LogP contribution in [0.2, 0.25) is 0 Å². The Balaban J connectivity index is 1.69. The summed E-state index contributed by atoms with van der Waals surface area (Å²) in [5.74, 6) is 0.162. The number of likely N-dealkylation sites (N-methyl/N-ethyl adjacent to an activating group) is 1. The van der Waals surface area contributed by atoms with Crippen LogP contribution in [-0.2, 0) is 9.53 Å². The predicted octanol–water partition coefficient (Wildman–Crippen LogP) is 2.09. The van der Waals surface area contributed by atoms with Crippen LogP contribution < -0.4 is 10.2 Å². The second-order valence-electron chi connectivity index (χ2n) is 6.07. The lowest BCUT2D eigenvalue weighted by Gasteiger charge is -2.26. The van der Waals surface area contributed by atoms with E-state index in [9.17, 15) is 9.18 Å². The summed E-state index contributed by atoms with van der Waals surface area (Å²) in [6.45, 7) is 0.820. The summed E-state index contributed by atoms with van der Waals surface area (Å²) in [4.78, 5) is 22.4. The van der Waals surface area contributed by atoms with Crippen LogP contribution in [-0.4, -0.2) is 42.2 Å². The van der Waals surface area contributed by atoms with Crippen LogP contribution in [0.1, 0.15) is 24.4 Å². The number of amides is 1. The fourth-order valence-electron chi connectivity index (χ4n) is 2.93. The fraction of sp³-hybridized carbons (Fsp3) is 0.389. The Morgan fingerprint density at radius 3 is 2.84 bits per heavy atom. The normalized spacial score (nSPS) is 17.9. The van der Waals surface area contributed by atoms with Crippen LogP contribution in [0.4, 0.5) is 10.2 Å². The quantitative estimate of drug-likeness (QED) is 0.869. The second-order valence-corrected chi connectivity index (χ2v) is 6.07. The summed E-state index contributed by atoms with van der Waals surface area (Å²) in [7, 11) is 1.78. The minimum Gasteiger partial charge on any atom is -0.376 e. The van der Waals surface area contributed by atoms with Gasteiger partial charge in [-0.25, -0.2) is 9.37 Å². The van der Waals surface area contributed by atoms with E-state index in [0.717, 1.165) is 18.4 Å². The Hall–Kier alpha value is -2.54. The van der Waals surface area contributed by atoms with Gasteiger partial charge >= 0.3 is 0 Å². The first kappa shape index (κ1) is 17.3. The molecule has 25 heavy (non-hydrogen) atoms. The van der Waals surface area contributed by atoms with Crippen molar-refractivity contribution in [1.82, 2.24) is 15.3 Å². The molecule has 1 amide bonds. The van der Waals surface area contributed by atoms with Crippen LogP contribution >= 0.6 is 0 Å². The maximum Gasteiger partial charge on any atom is 0.240 e. The number of benzene rings is 1. The summed E-state index contributed by atoms with van der Waals surface area (Å²) in [5.41, 5.74) is 0.837. The molecule has 0 spiro atoms. The van der Waals surface area contributed by atoms with E-state index in [1.165, 1.54) is 12.1 Å². The number of rotatable bonds is 6. The molecule has 2 aromatic rings. The molecule has 2 heterocycles. The molecule has 1 saturated heterocycles. The zero-order chi connectivity index (χ0) is 17.6. The van der Waals surface area contributed by atoms with Gasteiger partial charge in [0.05, 0.1) is 24.9 Å². The number of hydrogen-bond acceptors (Lipinski definition) is 5. The van der Waals surface area contributed by atoms with Gasteiger partial charge in [0.25, 0.3) is 0 Å². The Labute approximate surface area is 146 Å². The average molecular weight is 344 g/mol. The largest absolute Gasteiger partial charge is 0.376 e. The Morgan fingerprint density at radius 1 is 1.40 bits per heavy atom. The summed E-state index contributed by atoms with van der Waals surface area (Å²) in [5, 5.41) is 3.02. The first-order valence-corrected chi connectivity index (χ1v) is 8.27. The van der Waals surface area contributed by atoms with Gasteiger partial charge in [-0.15, -0.1) is 0 Å². The lowest BCUT2D eigenvalue weighted by atomic mass is 9.99. The highest BCUT2D eigenvalue weighted by atomic mass is 19.1. The minimum absolute atomic E-state index is 0.101. The maximum absolute atomic E-state index is 13.2. The molecular weight excluding hydrogens is 323 g/mol. The van der Waals surface area contributed by atoms with Crippen molar-refractivity contribution in [3.63, 3.8) is 0 Å². The van der Waals surface area contributed by atoms with E-state index in [2.05, 4.69) is 15.3 Å². The zero-order valence-corrected chi connectivity index (χ0v) is 14.1. The molecular formula is C18H21FN4O2. The molecule has 3 rings (SSSR count). The number of aromatic nitrogens is 2. The molecule has 1 aliphatic heterocycles. The van der Waals surface area contributed by atoms with E-state index in [-0.39, 0.29) is 30.4 Å². The minimum atomic E-state index is -0.302. The summed E-state index contributed by atoms with van der Waals surface area (Å²) in [6.07, 6.45) is 6.48. The van der Waals surface area contributed by atoms with Gasteiger partial charge in [0.1, 0.15) is 11.6 Å². The summed E-state index contributed by atoms with van der Waals surface area (Å²) >= 11 is 0. The molecule has 0 radical (unpaired) electrons. The third-order valence-electron chi connectivity index (χ3n) is 4.20. The number of halogens is 1. The van der Waals surface area contributed by atoms with Crippen molar-refractivity contribution in [2.75, 3.05) is 25.1 Å². The monoisotopic (exact) mass is 344 g/mol. The van der Waals surface area contributed by atoms with E-state index in [0.29, 0.717) is 12.4 Å². The number of hydrogen-bond donors (Lipinski definition) is 1. The van der Waals surface area contributed by atoms with Crippen molar-refractivity contribution in [3.05, 3.63) is 54.2 Å². The third kappa shape index (κ3) is 4.51. The van der Waals surface area contributed by atoms with E-state index in [4.69, 9.17) is 4.74 Å². The number of nitrogens with one attached hydrogen (secondary N) is 1. The van der Waals surface area contributed by atoms with Gasteiger partial charge in [-0.1, -0.05) is 12.1 Å². The highest BCUT2D eigenvalue weighted by Gasteiger charge is 2.29. The first-order valence-electron chi connectivity index (χ1n) is 8.27. The van der Waals surface area contributed by atoms with E-state index >= 15 is 0 Å². The van der Waals surface area contributed by atoms with E-state index in [1.54, 1.807) is 42.7 Å². The molecule has 1 N–H and O–H groups in total. The fourth-order valence-corrected chi connectivity index (χ4v) is 2.93. The summed E-state index contributed by atoms with van der Waals surface area (Å²) in [6, 6.07) is 5.87. The molecule has 7 heteroatoms. The van der Waals surface area contributed by atoms with Gasteiger partial charge in [-0.3, -0.25) is 9.78 Å². The molecule has 0 unspecified atom stereocenters. The number of nitrogens with zero attached hydrogens (tertiary/aromatic N) is 3. The second kappa shape index (κ2) is 8.02. The van der Waals surface area contributed by atoms with Gasteiger partial charge in [0, 0.05) is 26.0 Å². The Bertz CT molecular complexity index is 690. The smallest absolute Gasteiger partial charge is 0.240 e. The van der Waals surface area contributed by atoms with Crippen molar-refractivity contribution < 1.29 is 13.9 Å². The zero-order valence-electron chi connectivity index (χ0n) is 14.1. The number of anilines is 1. The molecule has 2 atom stereocenters. The number of ether oxygens (including phenoxy) is 1. The van der Waals surface area contributed by atoms with Gasteiger partial charge in [0.15, 0.2) is 0 Å². The first-order chi connectivity index (χ1) is 12.1. The van der Waals surface area contributed by atoms with Crippen molar-refractivity contribution >= 4 is 11.7 Å². The predicted molar refractivity (Wildman–Crippen MR) is 91.6 cm³/mol. The highest BCUT2D eigenvalue weighted by molar-refractivity contribution is 5.81. The summed E-state index contributed by atoms with van der Waals surface area (Å²) < 4.78 is 19.0. The van der Waals surface area contributed by atoms with Crippen LogP contribution in [0.5, 0.6) is 0 Å². The molecule has 1 aromatic carbocycles. The van der Waals surface area contributed by atoms with Crippen molar-refractivity contribution in [3.8, 4) is 0 Å². The van der Waals surface area contributed by atoms with Crippen molar-refractivity contribution in [1.29, 1.82) is 0 Å². The van der Waals surface area contributed by atoms with Crippen LogP contribution in [0.25, 0.3) is 0 Å². The molecule has 1 aromatic heterocycles. The van der Waals surface area contributed by atoms with Crippen molar-refractivity contribution in [2.24, 2.45) is 0 Å². The highest BCUT2D eigenvalue weighted by Crippen LogP contribution is 2.27. The van der Waals surface area contributed by atoms with Gasteiger partial charge < -0.3 is 15.0 Å². The Kier molecular flexibility index (Phi) is 5.55. The van der Waals surface area contributed by atoms with Gasteiger partial charge in [-0.05, 0) is 30.5 Å². The topological polar surface area (TPSA) is 67.4 Å². The lowest BCUT2D eigenvalue weighted by Crippen LogP contribution is -2.41. The number of carbonyl (C=O) groups excluding carboxylic acids is 1. The number of carbonyl (C=O) groups is 1. The molecule has 6 nitrogen and oxygen atoms in total. The van der Waals surface area contributed by atoms with Gasteiger partial charge in [0.2, 0.25) is 5.91 Å². The maximum atomic E-state index is 13.2. The van der Waals surface area contributed by atoms with Crippen LogP contribution in [0, 0.1) is 5.82 Å². The van der Waals surface area contributed by atoms with E-state index < -0.39 is 0 Å². The standard InChI is InChI=1S/C18H21FN4O2/c1-23(16-11-20-8-9-21-16)12-17(24)22-18(15-3-2-10-25-15)13-4-6-14(19)7-5-13/h4-9,11,15,18H,2-3,10,12H2,1H3,(H,22,24)/t15-,18-/m1/s1. The van der Waals surface area contributed by atoms with E-state index in [1.807, 2.05) is 0 Å². The molecule has 0 bridgehead atoms. The molecule has 1 aliphatic rings.